The summed E-state index contributed by atoms with van der Waals surface area (Å²) in [5, 5.41) is 2.76. The number of sulfonamides is 1. The van der Waals surface area contributed by atoms with Crippen molar-refractivity contribution in [3.8, 4) is 17.2 Å². The highest BCUT2D eigenvalue weighted by Crippen LogP contribution is 2.33. The van der Waals surface area contributed by atoms with Crippen LogP contribution in [0.25, 0.3) is 0 Å². The Balaban J connectivity index is 1.56. The normalized spacial score (nSPS) is 18.9. The van der Waals surface area contributed by atoms with E-state index in [-0.39, 0.29) is 17.2 Å². The van der Waals surface area contributed by atoms with Crippen LogP contribution in [-0.2, 0) is 14.8 Å². The van der Waals surface area contributed by atoms with Gasteiger partial charge in [-0.15, -0.1) is 0 Å². The number of ether oxygens (including phenoxy) is 3. The lowest BCUT2D eigenvalue weighted by Gasteiger charge is -2.27. The summed E-state index contributed by atoms with van der Waals surface area (Å²) in [6, 6.07) is 11.7. The van der Waals surface area contributed by atoms with Gasteiger partial charge in [-0.2, -0.15) is 4.31 Å². The molecule has 1 fully saturated rings. The van der Waals surface area contributed by atoms with Crippen molar-refractivity contribution in [3.63, 3.8) is 0 Å². The second kappa shape index (κ2) is 9.15. The number of benzene rings is 2. The van der Waals surface area contributed by atoms with Crippen LogP contribution in [0, 0.1) is 0 Å². The Morgan fingerprint density at radius 1 is 1.13 bits per heavy atom. The number of para-hydroxylation sites is 2. The van der Waals surface area contributed by atoms with E-state index in [9.17, 15) is 13.2 Å². The van der Waals surface area contributed by atoms with E-state index in [1.165, 1.54) is 16.4 Å². The number of hydrogen-bond donors (Lipinski definition) is 1. The predicted molar refractivity (Wildman–Crippen MR) is 115 cm³/mol. The maximum Gasteiger partial charge on any atom is 0.269 e. The van der Waals surface area contributed by atoms with Crippen LogP contribution in [0.1, 0.15) is 26.2 Å². The Hall–Kier alpha value is -2.78. The highest BCUT2D eigenvalue weighted by molar-refractivity contribution is 7.89. The van der Waals surface area contributed by atoms with Crippen molar-refractivity contribution in [1.29, 1.82) is 0 Å². The van der Waals surface area contributed by atoms with Crippen LogP contribution in [0.5, 0.6) is 17.2 Å². The van der Waals surface area contributed by atoms with Gasteiger partial charge in [0, 0.05) is 13.1 Å². The second-order valence-electron chi connectivity index (χ2n) is 7.41. The smallest absolute Gasteiger partial charge is 0.269 e. The predicted octanol–water partition coefficient (Wildman–Crippen LogP) is 3.04. The van der Waals surface area contributed by atoms with Crippen LogP contribution in [0.3, 0.4) is 0 Å². The molecule has 0 aliphatic carbocycles. The van der Waals surface area contributed by atoms with Crippen LogP contribution in [0.4, 0.5) is 5.69 Å². The number of rotatable bonds is 6. The first-order chi connectivity index (χ1) is 15.0. The van der Waals surface area contributed by atoms with Crippen molar-refractivity contribution in [1.82, 2.24) is 4.31 Å². The molecule has 2 heterocycles. The van der Waals surface area contributed by atoms with Crippen LogP contribution >= 0.6 is 0 Å². The van der Waals surface area contributed by atoms with Gasteiger partial charge < -0.3 is 19.5 Å². The molecule has 2 aliphatic rings. The Morgan fingerprint density at radius 2 is 1.87 bits per heavy atom. The fourth-order valence-corrected chi connectivity index (χ4v) is 5.21. The molecule has 8 nitrogen and oxygen atoms in total. The number of nitrogens with zero attached hydrogens (tertiary/aromatic N) is 1. The van der Waals surface area contributed by atoms with E-state index in [0.717, 1.165) is 19.3 Å². The van der Waals surface area contributed by atoms with E-state index in [1.807, 2.05) is 13.0 Å². The summed E-state index contributed by atoms with van der Waals surface area (Å²) < 4.78 is 44.6. The summed E-state index contributed by atoms with van der Waals surface area (Å²) in [4.78, 5) is 13.0. The average molecular weight is 447 g/mol. The number of piperidine rings is 1. The van der Waals surface area contributed by atoms with Gasteiger partial charge in [-0.1, -0.05) is 18.6 Å². The molecule has 0 spiro atoms. The zero-order valence-corrected chi connectivity index (χ0v) is 18.2. The number of carbonyl (C=O) groups excluding carboxylic acids is 1. The van der Waals surface area contributed by atoms with Crippen LogP contribution in [0.15, 0.2) is 47.4 Å². The third-order valence-corrected chi connectivity index (χ3v) is 7.16. The molecule has 2 aliphatic heterocycles. The van der Waals surface area contributed by atoms with Crippen molar-refractivity contribution < 1.29 is 27.4 Å². The van der Waals surface area contributed by atoms with Gasteiger partial charge in [0.2, 0.25) is 16.1 Å². The first-order valence-corrected chi connectivity index (χ1v) is 11.9. The summed E-state index contributed by atoms with van der Waals surface area (Å²) in [5.41, 5.74) is 0.285. The number of nitrogens with one attached hydrogen (secondary N) is 1. The molecule has 166 valence electrons. The quantitative estimate of drug-likeness (QED) is 0.733. The topological polar surface area (TPSA) is 94.2 Å². The van der Waals surface area contributed by atoms with E-state index < -0.39 is 22.0 Å². The van der Waals surface area contributed by atoms with Crippen LogP contribution < -0.4 is 19.5 Å². The van der Waals surface area contributed by atoms with Gasteiger partial charge in [-0.05, 0) is 50.1 Å². The molecule has 0 radical (unpaired) electrons. The molecular weight excluding hydrogens is 420 g/mol. The van der Waals surface area contributed by atoms with E-state index >= 15 is 0 Å². The lowest BCUT2D eigenvalue weighted by molar-refractivity contribution is -0.125. The number of anilines is 1. The number of amides is 1. The highest BCUT2D eigenvalue weighted by atomic mass is 32.2. The highest BCUT2D eigenvalue weighted by Gasteiger charge is 2.30. The zero-order chi connectivity index (χ0) is 21.8. The molecular formula is C22H26N2O6S. The molecule has 1 N–H and O–H groups in total. The second-order valence-corrected chi connectivity index (χ2v) is 9.35. The third-order valence-electron chi connectivity index (χ3n) is 5.26. The minimum atomic E-state index is -3.65. The Morgan fingerprint density at radius 3 is 2.61 bits per heavy atom. The van der Waals surface area contributed by atoms with Gasteiger partial charge in [0.1, 0.15) is 12.4 Å². The summed E-state index contributed by atoms with van der Waals surface area (Å²) >= 11 is 0. The third kappa shape index (κ3) is 4.62. The molecule has 0 unspecified atom stereocenters. The van der Waals surface area contributed by atoms with Gasteiger partial charge in [0.15, 0.2) is 11.5 Å². The Kier molecular flexibility index (Phi) is 6.33. The summed E-state index contributed by atoms with van der Waals surface area (Å²) in [6.45, 7) is 3.25. The Bertz CT molecular complexity index is 1050. The molecule has 0 aromatic heterocycles. The van der Waals surface area contributed by atoms with Gasteiger partial charge in [-0.3, -0.25) is 4.79 Å². The molecule has 9 heteroatoms. The maximum atomic E-state index is 13.1. The molecule has 4 rings (SSSR count). The number of hydrogen-bond acceptors (Lipinski definition) is 6. The van der Waals surface area contributed by atoms with Gasteiger partial charge in [0.25, 0.3) is 5.91 Å². The summed E-state index contributed by atoms with van der Waals surface area (Å²) in [5.74, 6) is 1.02. The Labute approximate surface area is 182 Å². The lowest BCUT2D eigenvalue weighted by atomic mass is 10.2. The lowest BCUT2D eigenvalue weighted by Crippen LogP contribution is -2.40. The van der Waals surface area contributed by atoms with E-state index in [4.69, 9.17) is 14.2 Å². The van der Waals surface area contributed by atoms with Crippen molar-refractivity contribution in [2.75, 3.05) is 31.6 Å². The fraction of sp³-hybridized carbons (Fsp3) is 0.409. The van der Waals surface area contributed by atoms with Crippen molar-refractivity contribution in [3.05, 3.63) is 42.5 Å². The maximum absolute atomic E-state index is 13.1. The molecule has 0 bridgehead atoms. The molecule has 1 saturated heterocycles. The van der Waals surface area contributed by atoms with Gasteiger partial charge in [0.05, 0.1) is 17.2 Å². The average Bonchev–Trinajstić information content (AvgIpc) is 2.80. The minimum absolute atomic E-state index is 0.0541. The summed E-state index contributed by atoms with van der Waals surface area (Å²) in [6.07, 6.45) is 1.86. The standard InChI is InChI=1S/C22H26N2O6S/c1-2-28-18-11-10-16(31(26,27)24-12-6-3-7-13-24)14-17(18)23-22(25)21-15-29-19-8-4-5-9-20(19)30-21/h4-5,8-11,14,21H,2-3,6-7,12-13,15H2,1H3,(H,23,25)/t21-/m1/s1. The number of fused-ring (bicyclic) bond motifs is 1. The molecule has 2 aromatic carbocycles. The summed E-state index contributed by atoms with van der Waals surface area (Å²) in [7, 11) is -3.65. The first-order valence-electron chi connectivity index (χ1n) is 10.5. The van der Waals surface area contributed by atoms with E-state index in [0.29, 0.717) is 36.9 Å². The molecule has 1 atom stereocenters. The molecule has 0 saturated carbocycles. The first kappa shape index (κ1) is 21.5. The van der Waals surface area contributed by atoms with Crippen molar-refractivity contribution in [2.45, 2.75) is 37.2 Å². The molecule has 2 aromatic rings. The van der Waals surface area contributed by atoms with Crippen molar-refractivity contribution >= 4 is 21.6 Å². The molecule has 31 heavy (non-hydrogen) atoms. The SMILES string of the molecule is CCOc1ccc(S(=O)(=O)N2CCCCC2)cc1NC(=O)[C@H]1COc2ccccc2O1. The monoisotopic (exact) mass is 446 g/mol. The van der Waals surface area contributed by atoms with E-state index in [2.05, 4.69) is 5.32 Å². The van der Waals surface area contributed by atoms with Gasteiger partial charge >= 0.3 is 0 Å². The number of carbonyl (C=O) groups is 1. The van der Waals surface area contributed by atoms with Crippen LogP contribution in [0.2, 0.25) is 0 Å². The largest absolute Gasteiger partial charge is 0.492 e. The van der Waals surface area contributed by atoms with Crippen LogP contribution in [-0.4, -0.2) is 51.0 Å². The fourth-order valence-electron chi connectivity index (χ4n) is 3.66. The molecule has 1 amide bonds. The minimum Gasteiger partial charge on any atom is -0.492 e. The zero-order valence-electron chi connectivity index (χ0n) is 17.4. The van der Waals surface area contributed by atoms with Gasteiger partial charge in [-0.25, -0.2) is 8.42 Å². The van der Waals surface area contributed by atoms with Crippen molar-refractivity contribution in [2.24, 2.45) is 0 Å². The van der Waals surface area contributed by atoms with E-state index in [1.54, 1.807) is 24.3 Å².